The van der Waals surface area contributed by atoms with Crippen molar-refractivity contribution in [3.8, 4) is 0 Å². The quantitative estimate of drug-likeness (QED) is 0.0292. The number of halogens is 15. The van der Waals surface area contributed by atoms with Gasteiger partial charge in [-0.3, -0.25) is 23.4 Å². The fourth-order valence-electron chi connectivity index (χ4n) is 13.9. The molecule has 4 saturated carbocycles. The summed E-state index contributed by atoms with van der Waals surface area (Å²) in [5.41, 5.74) is 3.05. The molecule has 13 heterocycles. The predicted octanol–water partition coefficient (Wildman–Crippen LogP) is 14.2. The van der Waals surface area contributed by atoms with Gasteiger partial charge in [-0.15, -0.1) is 0 Å². The van der Waals surface area contributed by atoms with Gasteiger partial charge in [0, 0.05) is 63.7 Å². The number of aryl methyl sites for hydroxylation is 1. The average molecular weight is 1680 g/mol. The first-order valence-electron chi connectivity index (χ1n) is 37.2. The molecule has 1 unspecified atom stereocenters. The van der Waals surface area contributed by atoms with Crippen molar-refractivity contribution in [2.75, 3.05) is 62.7 Å². The Bertz CT molecular complexity index is 5440. The molecule has 50 heteroatoms. The summed E-state index contributed by atoms with van der Waals surface area (Å²) in [6.45, 7) is 12.1. The van der Waals surface area contributed by atoms with Crippen LogP contribution < -0.4 is 42.5 Å². The third-order valence-electron chi connectivity index (χ3n) is 20.4. The molecule has 4 fully saturated rings. The second kappa shape index (κ2) is 33.3. The summed E-state index contributed by atoms with van der Waals surface area (Å²) in [6.07, 6.45) is 2.61. The number of aromatic nitrogens is 27. The molecule has 0 spiro atoms. The van der Waals surface area contributed by atoms with Gasteiger partial charge in [-0.1, -0.05) is 0 Å². The molecule has 5 aliphatic rings. The van der Waals surface area contributed by atoms with Crippen molar-refractivity contribution in [2.45, 2.75) is 185 Å². The molecule has 4 aliphatic carbocycles. The molecule has 12 aromatic heterocycles. The van der Waals surface area contributed by atoms with E-state index in [1.807, 2.05) is 50.2 Å². The smallest absolute Gasteiger partial charge is 0.372 e. The highest BCUT2D eigenvalue weighted by atomic mass is 19.4. The Morgan fingerprint density at radius 1 is 0.395 bits per heavy atom. The zero-order chi connectivity index (χ0) is 84.6. The first-order valence-corrected chi connectivity index (χ1v) is 37.2. The Morgan fingerprint density at radius 2 is 0.798 bits per heavy atom. The number of alkyl halides is 15. The summed E-state index contributed by atoms with van der Waals surface area (Å²) >= 11 is 0. The zero-order valence-corrected chi connectivity index (χ0v) is 64.0. The lowest BCUT2D eigenvalue weighted by Gasteiger charge is -2.36. The second-order valence-corrected chi connectivity index (χ2v) is 28.3. The molecule has 0 amide bonds. The highest BCUT2D eigenvalue weighted by molar-refractivity contribution is 5.62. The molecule has 17 rings (SSSR count). The molecule has 8 N–H and O–H groups in total. The largest absolute Gasteiger partial charge is 0.451 e. The fraction of sp³-hybridized carbons (Fsp3) is 0.464. The molecule has 632 valence electrons. The van der Waals surface area contributed by atoms with Gasteiger partial charge in [0.25, 0.3) is 0 Å². The van der Waals surface area contributed by atoms with E-state index in [2.05, 4.69) is 138 Å². The molecule has 0 bridgehead atoms. The van der Waals surface area contributed by atoms with Gasteiger partial charge in [-0.05, 0) is 105 Å². The molecule has 119 heavy (non-hydrogen) atoms. The number of fused-ring (bicyclic) bond motifs is 1. The van der Waals surface area contributed by atoms with Crippen LogP contribution in [0.4, 0.5) is 136 Å². The summed E-state index contributed by atoms with van der Waals surface area (Å²) < 4.78 is 208. The maximum absolute atomic E-state index is 13.2. The summed E-state index contributed by atoms with van der Waals surface area (Å²) in [7, 11) is 1.38. The molecule has 35 nitrogen and oxygen atoms in total. The van der Waals surface area contributed by atoms with Gasteiger partial charge in [-0.2, -0.15) is 136 Å². The van der Waals surface area contributed by atoms with Gasteiger partial charge in [0.15, 0.2) is 0 Å². The third kappa shape index (κ3) is 18.3. The molecule has 0 saturated heterocycles. The fourth-order valence-corrected chi connectivity index (χ4v) is 13.9. The first kappa shape index (κ1) is 82.7. The van der Waals surface area contributed by atoms with Crippen molar-refractivity contribution >= 4 is 69.8 Å². The van der Waals surface area contributed by atoms with Crippen molar-refractivity contribution in [3.63, 3.8) is 0 Å². The van der Waals surface area contributed by atoms with Crippen LogP contribution in [0.5, 0.6) is 0 Å². The van der Waals surface area contributed by atoms with E-state index in [9.17, 15) is 65.9 Å². The van der Waals surface area contributed by atoms with Crippen LogP contribution in [0, 0.1) is 27.7 Å². The lowest BCUT2D eigenvalue weighted by Crippen LogP contribution is -2.33. The normalized spacial score (nSPS) is 19.0. The van der Waals surface area contributed by atoms with Crippen LogP contribution in [-0.4, -0.2) is 159 Å². The van der Waals surface area contributed by atoms with Gasteiger partial charge in [0.2, 0.25) is 29.6 Å². The minimum absolute atomic E-state index is 0.0363. The lowest BCUT2D eigenvalue weighted by atomic mass is 9.86. The summed E-state index contributed by atoms with van der Waals surface area (Å²) in [6, 6.07) is 2.44. The van der Waals surface area contributed by atoms with Crippen LogP contribution in [-0.2, 0) is 37.4 Å². The van der Waals surface area contributed by atoms with Gasteiger partial charge in [-0.25, -0.2) is 39.3 Å². The van der Waals surface area contributed by atoms with Gasteiger partial charge in [0.1, 0.15) is 64.5 Å². The van der Waals surface area contributed by atoms with E-state index in [-0.39, 0.29) is 89.9 Å². The molecule has 1 aliphatic heterocycles. The van der Waals surface area contributed by atoms with Gasteiger partial charge in [0.05, 0.1) is 131 Å². The summed E-state index contributed by atoms with van der Waals surface area (Å²) in [5.74, 6) is -1.93. The van der Waals surface area contributed by atoms with Crippen LogP contribution in [0.2, 0.25) is 0 Å². The van der Waals surface area contributed by atoms with Gasteiger partial charge < -0.3 is 42.5 Å². The summed E-state index contributed by atoms with van der Waals surface area (Å²) in [5, 5.41) is 60.3. The Hall–Kier alpha value is -12.9. The van der Waals surface area contributed by atoms with E-state index >= 15 is 0 Å². The number of hydrogen-bond donors (Lipinski definition) is 8. The maximum Gasteiger partial charge on any atom is 0.451 e. The Labute approximate surface area is 664 Å². The second-order valence-electron chi connectivity index (χ2n) is 28.3. The number of anilines is 12. The van der Waals surface area contributed by atoms with E-state index in [4.69, 9.17) is 0 Å². The van der Waals surface area contributed by atoms with Crippen LogP contribution in [0.3, 0.4) is 0 Å². The lowest BCUT2D eigenvalue weighted by molar-refractivity contribution is -0.149. The Morgan fingerprint density at radius 3 is 1.22 bits per heavy atom. The van der Waals surface area contributed by atoms with Crippen molar-refractivity contribution in [3.05, 3.63) is 150 Å². The molecule has 0 aromatic carbocycles. The first-order chi connectivity index (χ1) is 56.6. The monoisotopic (exact) mass is 1680 g/mol. The van der Waals surface area contributed by atoms with Crippen molar-refractivity contribution < 1.29 is 65.9 Å². The van der Waals surface area contributed by atoms with Crippen LogP contribution in [0.1, 0.15) is 170 Å². The highest BCUT2D eigenvalue weighted by Gasteiger charge is 2.45. The Balaban J connectivity index is 0.000000130. The highest BCUT2D eigenvalue weighted by Crippen LogP contribution is 2.47. The van der Waals surface area contributed by atoms with Crippen molar-refractivity contribution in [2.24, 2.45) is 0 Å². The summed E-state index contributed by atoms with van der Waals surface area (Å²) in [4.78, 5) is 40.1. The number of rotatable bonds is 22. The van der Waals surface area contributed by atoms with E-state index in [1.54, 1.807) is 73.8 Å². The minimum atomic E-state index is -4.60. The van der Waals surface area contributed by atoms with Crippen molar-refractivity contribution in [1.29, 1.82) is 0 Å². The molecule has 12 aromatic rings. The van der Waals surface area contributed by atoms with E-state index < -0.39 is 65.0 Å². The molecule has 0 radical (unpaired) electrons. The molecular formula is C69H76F15N35. The van der Waals surface area contributed by atoms with E-state index in [1.165, 1.54) is 19.6 Å². The number of nitrogens with one attached hydrogen (secondary N) is 8. The Kier molecular flexibility index (Phi) is 23.1. The number of nitrogens with zero attached hydrogens (tertiary/aromatic N) is 27. The standard InChI is InChI=1S/C18H19F6N9.C18H20F3N9.C17H20F3N9.C16H17F3N8/c1-3-25-14-12(17(19,20)21)6-26-16(31-14)30-13-7-28-32(9(13)2)10-4-11(5-10)33-15(18(22,23)24)27-8-29-33;1-10-15(9-25-29(10)12-6-13(7-12)30-23-4-5-24-30)27-17-22-8-14(18(19,20)21)16(28-17)26-11-2-3-11;1-3-22-15-13(17(18,19)20)6-23-16(27-15)26-14-7-24-29(10(14)2)12-4-11(5-12)28-9-21-8-25-28;1-9-11(8-23-27(9)13-4-6-26-12(13)3-5-22-26)24-15-21-7-10(16(17,18)19)14(20-2)25-15/h6-8,10-11H,3-5H2,1-2H3,(H2,25,26,30,31);4-5,8-9,11-13H,2-3,6-7H2,1H3,(H2,22,26,27,28);6-9,11-12H,3-5H2,1-2H3,(H2,22,23,26,27);3,5,7-8,13H,4,6H2,1-2H3,(H2,20,21,24,25). The van der Waals surface area contributed by atoms with Crippen LogP contribution in [0.25, 0.3) is 0 Å². The molecular weight excluding hydrogens is 1600 g/mol. The van der Waals surface area contributed by atoms with E-state index in [0.717, 1.165) is 104 Å². The SMILES string of the molecule is CCNc1nc(Nc2cnn(C3CC(n4cncn4)C3)c2C)ncc1C(F)(F)F.CCNc1nc(Nc2cnn(C3CC(n4ncnc4C(F)(F)F)C3)c2C)ncc1C(F)(F)F.CNc1nc(Nc2cnn(C3CCn4nccc43)c2C)ncc1C(F)(F)F.Cc1c(Nc2ncc(C(F)(F)F)c(NC3CC3)n2)cnn1C1CC(n2nccn2)C1. The zero-order valence-electron chi connectivity index (χ0n) is 64.0. The topological polar surface area (TPSA) is 381 Å². The number of hydrogen-bond acceptors (Lipinski definition) is 27. The van der Waals surface area contributed by atoms with Crippen molar-refractivity contribution in [1.82, 2.24) is 133 Å². The van der Waals surface area contributed by atoms with E-state index in [0.29, 0.717) is 60.1 Å². The van der Waals surface area contributed by atoms with Crippen LogP contribution >= 0.6 is 0 Å². The maximum atomic E-state index is 13.2. The minimum Gasteiger partial charge on any atom is -0.372 e. The predicted molar refractivity (Wildman–Crippen MR) is 396 cm³/mol. The third-order valence-corrected chi connectivity index (χ3v) is 20.4. The van der Waals surface area contributed by atoms with Gasteiger partial charge >= 0.3 is 30.9 Å². The average Bonchev–Trinajstić information content (AvgIpc) is 1.66. The van der Waals surface area contributed by atoms with Crippen LogP contribution in [0.15, 0.2) is 93.2 Å². The molecule has 1 atom stereocenters.